The van der Waals surface area contributed by atoms with Gasteiger partial charge in [0.25, 0.3) is 0 Å². The van der Waals surface area contributed by atoms with Gasteiger partial charge in [-0.1, -0.05) is 19.9 Å². The molecule has 1 amide bonds. The Morgan fingerprint density at radius 1 is 1.19 bits per heavy atom. The first-order valence-electron chi connectivity index (χ1n) is 8.43. The largest absolute Gasteiger partial charge is 0.493 e. The number of carbonyl (C=O) groups excluding carboxylic acids is 2. The minimum absolute atomic E-state index is 0.0875. The van der Waals surface area contributed by atoms with E-state index < -0.39 is 6.61 Å². The third-order valence-corrected chi connectivity index (χ3v) is 3.53. The van der Waals surface area contributed by atoms with Crippen molar-refractivity contribution in [3.8, 4) is 11.5 Å². The summed E-state index contributed by atoms with van der Waals surface area (Å²) < 4.78 is 38.7. The van der Waals surface area contributed by atoms with Crippen LogP contribution in [0, 0.1) is 5.92 Å². The van der Waals surface area contributed by atoms with E-state index in [9.17, 15) is 18.4 Å². The molecule has 0 spiro atoms. The van der Waals surface area contributed by atoms with E-state index in [2.05, 4.69) is 9.47 Å². The molecule has 0 radical (unpaired) electrons. The zero-order valence-corrected chi connectivity index (χ0v) is 15.9. The maximum absolute atomic E-state index is 12.5. The Hall–Kier alpha value is -2.64. The molecule has 0 saturated heterocycles. The van der Waals surface area contributed by atoms with Crippen LogP contribution >= 0.6 is 0 Å². The van der Waals surface area contributed by atoms with E-state index in [-0.39, 0.29) is 42.3 Å². The number of alkyl halides is 2. The number of esters is 1. The van der Waals surface area contributed by atoms with Gasteiger partial charge < -0.3 is 19.1 Å². The van der Waals surface area contributed by atoms with E-state index in [0.29, 0.717) is 12.1 Å². The summed E-state index contributed by atoms with van der Waals surface area (Å²) in [5, 5.41) is 0. The number of hydrogen-bond donors (Lipinski definition) is 0. The minimum Gasteiger partial charge on any atom is -0.493 e. The standard InChI is InChI=1S/C19H25F2NO5/c1-13(2)12-22(10-9-18(24)26-4)17(23)8-6-14-5-7-15(27-19(20)21)16(11-14)25-3/h5-8,11,13,19H,9-10,12H2,1-4H3/b8-6+. The van der Waals surface area contributed by atoms with E-state index in [0.717, 1.165) is 0 Å². The summed E-state index contributed by atoms with van der Waals surface area (Å²) in [5.74, 6) is -0.379. The van der Waals surface area contributed by atoms with Crippen molar-refractivity contribution >= 4 is 18.0 Å². The second-order valence-corrected chi connectivity index (χ2v) is 6.13. The molecule has 150 valence electrons. The lowest BCUT2D eigenvalue weighted by Crippen LogP contribution is -2.34. The topological polar surface area (TPSA) is 65.1 Å². The molecule has 0 fully saturated rings. The maximum Gasteiger partial charge on any atom is 0.387 e. The van der Waals surface area contributed by atoms with Crippen molar-refractivity contribution in [2.24, 2.45) is 5.92 Å². The molecule has 1 aromatic carbocycles. The summed E-state index contributed by atoms with van der Waals surface area (Å²) in [7, 11) is 2.63. The van der Waals surface area contributed by atoms with E-state index in [1.54, 1.807) is 11.0 Å². The quantitative estimate of drug-likeness (QED) is 0.456. The second kappa shape index (κ2) is 11.2. The van der Waals surface area contributed by atoms with Crippen molar-refractivity contribution in [1.29, 1.82) is 0 Å². The van der Waals surface area contributed by atoms with Gasteiger partial charge in [0.1, 0.15) is 0 Å². The zero-order valence-electron chi connectivity index (χ0n) is 15.9. The molecule has 0 N–H and O–H groups in total. The summed E-state index contributed by atoms with van der Waals surface area (Å²) in [6.45, 7) is 1.72. The average Bonchev–Trinajstić information content (AvgIpc) is 2.62. The zero-order chi connectivity index (χ0) is 20.4. The highest BCUT2D eigenvalue weighted by Crippen LogP contribution is 2.29. The van der Waals surface area contributed by atoms with Crippen LogP contribution < -0.4 is 9.47 Å². The lowest BCUT2D eigenvalue weighted by atomic mass is 10.1. The molecule has 0 aliphatic carbocycles. The Balaban J connectivity index is 2.87. The highest BCUT2D eigenvalue weighted by Gasteiger charge is 2.15. The number of methoxy groups -OCH3 is 2. The van der Waals surface area contributed by atoms with Crippen LogP contribution in [-0.2, 0) is 14.3 Å². The van der Waals surface area contributed by atoms with E-state index >= 15 is 0 Å². The van der Waals surface area contributed by atoms with Crippen LogP contribution in [-0.4, -0.2) is 50.7 Å². The number of hydrogen-bond acceptors (Lipinski definition) is 5. The normalized spacial score (nSPS) is 11.1. The molecule has 27 heavy (non-hydrogen) atoms. The van der Waals surface area contributed by atoms with Crippen molar-refractivity contribution in [3.05, 3.63) is 29.8 Å². The van der Waals surface area contributed by atoms with Crippen molar-refractivity contribution in [2.45, 2.75) is 26.9 Å². The predicted octanol–water partition coefficient (Wildman–Crippen LogP) is 3.36. The lowest BCUT2D eigenvalue weighted by Gasteiger charge is -2.22. The molecular formula is C19H25F2NO5. The van der Waals surface area contributed by atoms with Gasteiger partial charge in [-0.2, -0.15) is 8.78 Å². The summed E-state index contributed by atoms with van der Waals surface area (Å²) in [5.41, 5.74) is 0.583. The monoisotopic (exact) mass is 385 g/mol. The van der Waals surface area contributed by atoms with E-state index in [4.69, 9.17) is 4.74 Å². The SMILES string of the molecule is COC(=O)CCN(CC(C)C)C(=O)/C=C/c1ccc(OC(F)F)c(OC)c1. The highest BCUT2D eigenvalue weighted by molar-refractivity contribution is 5.92. The molecule has 8 heteroatoms. The van der Waals surface area contributed by atoms with Crippen molar-refractivity contribution in [1.82, 2.24) is 4.90 Å². The Kier molecular flexibility index (Phi) is 9.25. The maximum atomic E-state index is 12.5. The van der Waals surface area contributed by atoms with Crippen LogP contribution in [0.3, 0.4) is 0 Å². The summed E-state index contributed by atoms with van der Waals surface area (Å²) in [6, 6.07) is 4.37. The first-order chi connectivity index (χ1) is 12.8. The average molecular weight is 385 g/mol. The molecule has 0 atom stereocenters. The van der Waals surface area contributed by atoms with Gasteiger partial charge in [0.05, 0.1) is 20.6 Å². The van der Waals surface area contributed by atoms with Crippen LogP contribution in [0.1, 0.15) is 25.8 Å². The second-order valence-electron chi connectivity index (χ2n) is 6.13. The van der Waals surface area contributed by atoms with E-state index in [1.165, 1.54) is 38.5 Å². The number of nitrogens with zero attached hydrogens (tertiary/aromatic N) is 1. The first-order valence-corrected chi connectivity index (χ1v) is 8.43. The molecule has 1 aromatic rings. The molecule has 0 aliphatic heterocycles. The van der Waals surface area contributed by atoms with Gasteiger partial charge in [0.2, 0.25) is 5.91 Å². The fraction of sp³-hybridized carbons (Fsp3) is 0.474. The molecule has 6 nitrogen and oxygen atoms in total. The Bertz CT molecular complexity index is 662. The van der Waals surface area contributed by atoms with Gasteiger partial charge in [0, 0.05) is 19.2 Å². The third kappa shape index (κ3) is 8.06. The van der Waals surface area contributed by atoms with Gasteiger partial charge in [-0.05, 0) is 29.7 Å². The van der Waals surface area contributed by atoms with Crippen LogP contribution in [0.25, 0.3) is 6.08 Å². The minimum atomic E-state index is -2.96. The smallest absolute Gasteiger partial charge is 0.387 e. The molecule has 0 aromatic heterocycles. The fourth-order valence-electron chi connectivity index (χ4n) is 2.31. The van der Waals surface area contributed by atoms with Crippen molar-refractivity contribution in [3.63, 3.8) is 0 Å². The number of halogens is 2. The molecule has 0 bridgehead atoms. The predicted molar refractivity (Wildman–Crippen MR) is 96.7 cm³/mol. The first kappa shape index (κ1) is 22.4. The van der Waals surface area contributed by atoms with Crippen LogP contribution in [0.15, 0.2) is 24.3 Å². The molecule has 0 unspecified atom stereocenters. The summed E-state index contributed by atoms with van der Waals surface area (Å²) >= 11 is 0. The van der Waals surface area contributed by atoms with Crippen LogP contribution in [0.2, 0.25) is 0 Å². The number of ether oxygens (including phenoxy) is 3. The van der Waals surface area contributed by atoms with Crippen molar-refractivity contribution < 1.29 is 32.6 Å². The Morgan fingerprint density at radius 2 is 1.89 bits per heavy atom. The third-order valence-electron chi connectivity index (χ3n) is 3.53. The van der Waals surface area contributed by atoms with Crippen LogP contribution in [0.5, 0.6) is 11.5 Å². The van der Waals surface area contributed by atoms with Crippen LogP contribution in [0.4, 0.5) is 8.78 Å². The van der Waals surface area contributed by atoms with Gasteiger partial charge in [-0.25, -0.2) is 0 Å². The fourth-order valence-corrected chi connectivity index (χ4v) is 2.31. The number of benzene rings is 1. The molecular weight excluding hydrogens is 360 g/mol. The van der Waals surface area contributed by atoms with E-state index in [1.807, 2.05) is 13.8 Å². The van der Waals surface area contributed by atoms with Crippen molar-refractivity contribution in [2.75, 3.05) is 27.3 Å². The lowest BCUT2D eigenvalue weighted by molar-refractivity contribution is -0.141. The molecule has 0 saturated carbocycles. The Morgan fingerprint density at radius 3 is 2.44 bits per heavy atom. The van der Waals surface area contributed by atoms with Gasteiger partial charge in [-0.15, -0.1) is 0 Å². The number of rotatable bonds is 10. The highest BCUT2D eigenvalue weighted by atomic mass is 19.3. The van der Waals surface area contributed by atoms with Gasteiger partial charge in [-0.3, -0.25) is 9.59 Å². The van der Waals surface area contributed by atoms with Gasteiger partial charge >= 0.3 is 12.6 Å². The Labute approximate surface area is 157 Å². The summed E-state index contributed by atoms with van der Waals surface area (Å²) in [4.78, 5) is 25.3. The summed E-state index contributed by atoms with van der Waals surface area (Å²) in [6.07, 6.45) is 3.01. The number of amides is 1. The van der Waals surface area contributed by atoms with Gasteiger partial charge in [0.15, 0.2) is 11.5 Å². The molecule has 0 heterocycles. The molecule has 1 rings (SSSR count). The number of carbonyl (C=O) groups is 2. The molecule has 0 aliphatic rings.